The van der Waals surface area contributed by atoms with Gasteiger partial charge < -0.3 is 20.5 Å². The molecular formula is C14H19F3N2O3. The van der Waals surface area contributed by atoms with Gasteiger partial charge in [-0.05, 0) is 32.4 Å². The number of rotatable bonds is 6. The van der Waals surface area contributed by atoms with Crippen molar-refractivity contribution in [3.63, 3.8) is 0 Å². The van der Waals surface area contributed by atoms with Crippen LogP contribution < -0.4 is 15.4 Å². The van der Waals surface area contributed by atoms with Gasteiger partial charge in [0.05, 0.1) is 5.69 Å². The molecule has 2 amide bonds. The lowest BCUT2D eigenvalue weighted by Gasteiger charge is -2.25. The molecule has 5 nitrogen and oxygen atoms in total. The van der Waals surface area contributed by atoms with E-state index in [4.69, 9.17) is 5.11 Å². The van der Waals surface area contributed by atoms with Crippen molar-refractivity contribution in [2.75, 3.05) is 18.5 Å². The SMILES string of the molecule is CC(C)(CCO)NC(=O)Nc1ccccc1OCC(F)(F)F. The van der Waals surface area contributed by atoms with Crippen LogP contribution in [0, 0.1) is 0 Å². The number of amides is 2. The molecule has 0 aliphatic rings. The van der Waals surface area contributed by atoms with Crippen molar-refractivity contribution < 1.29 is 27.8 Å². The van der Waals surface area contributed by atoms with Crippen molar-refractivity contribution in [1.82, 2.24) is 5.32 Å². The van der Waals surface area contributed by atoms with Crippen molar-refractivity contribution in [3.8, 4) is 5.75 Å². The number of para-hydroxylation sites is 2. The van der Waals surface area contributed by atoms with Gasteiger partial charge in [-0.3, -0.25) is 0 Å². The second-order valence-electron chi connectivity index (χ2n) is 5.34. The number of anilines is 1. The van der Waals surface area contributed by atoms with E-state index in [0.717, 1.165) is 0 Å². The molecule has 0 atom stereocenters. The number of hydrogen-bond acceptors (Lipinski definition) is 3. The smallest absolute Gasteiger partial charge is 0.422 e. The van der Waals surface area contributed by atoms with E-state index < -0.39 is 24.4 Å². The van der Waals surface area contributed by atoms with Gasteiger partial charge in [-0.25, -0.2) is 4.79 Å². The van der Waals surface area contributed by atoms with Crippen LogP contribution in [0.3, 0.4) is 0 Å². The molecule has 0 fully saturated rings. The number of carbonyl (C=O) groups is 1. The number of ether oxygens (including phenoxy) is 1. The lowest BCUT2D eigenvalue weighted by atomic mass is 10.0. The molecule has 0 unspecified atom stereocenters. The number of urea groups is 1. The predicted octanol–water partition coefficient (Wildman–Crippen LogP) is 2.91. The minimum atomic E-state index is -4.46. The van der Waals surface area contributed by atoms with Crippen LogP contribution in [-0.2, 0) is 0 Å². The second-order valence-corrected chi connectivity index (χ2v) is 5.34. The molecule has 0 aromatic heterocycles. The van der Waals surface area contributed by atoms with Gasteiger partial charge in [0.25, 0.3) is 0 Å². The topological polar surface area (TPSA) is 70.6 Å². The predicted molar refractivity (Wildman–Crippen MR) is 75.9 cm³/mol. The number of hydrogen-bond donors (Lipinski definition) is 3. The molecule has 1 aromatic carbocycles. The van der Waals surface area contributed by atoms with E-state index in [1.165, 1.54) is 18.2 Å². The first-order valence-electron chi connectivity index (χ1n) is 6.61. The molecular weight excluding hydrogens is 301 g/mol. The zero-order chi connectivity index (χ0) is 16.8. The Hall–Kier alpha value is -1.96. The molecule has 0 aliphatic carbocycles. The maximum atomic E-state index is 12.2. The standard InChI is InChI=1S/C14H19F3N2O3/c1-13(2,7-8-20)19-12(21)18-10-5-3-4-6-11(10)22-9-14(15,16)17/h3-6,20H,7-9H2,1-2H3,(H2,18,19,21). The summed E-state index contributed by atoms with van der Waals surface area (Å²) in [4.78, 5) is 11.9. The monoisotopic (exact) mass is 320 g/mol. The number of alkyl halides is 3. The van der Waals surface area contributed by atoms with Gasteiger partial charge in [0.1, 0.15) is 5.75 Å². The fourth-order valence-electron chi connectivity index (χ4n) is 1.66. The molecule has 8 heteroatoms. The highest BCUT2D eigenvalue weighted by Gasteiger charge is 2.29. The first-order valence-corrected chi connectivity index (χ1v) is 6.61. The Morgan fingerprint density at radius 2 is 1.91 bits per heavy atom. The highest BCUT2D eigenvalue weighted by atomic mass is 19.4. The van der Waals surface area contributed by atoms with Crippen molar-refractivity contribution >= 4 is 11.7 Å². The number of halogens is 3. The van der Waals surface area contributed by atoms with Gasteiger partial charge in [-0.2, -0.15) is 13.2 Å². The summed E-state index contributed by atoms with van der Waals surface area (Å²) in [5.41, 5.74) is -0.523. The van der Waals surface area contributed by atoms with Crippen LogP contribution in [0.5, 0.6) is 5.75 Å². The Morgan fingerprint density at radius 1 is 1.27 bits per heavy atom. The summed E-state index contributed by atoms with van der Waals surface area (Å²) in [6, 6.07) is 5.24. The zero-order valence-corrected chi connectivity index (χ0v) is 12.3. The summed E-state index contributed by atoms with van der Waals surface area (Å²) in [6.45, 7) is 1.89. The van der Waals surface area contributed by atoms with E-state index in [2.05, 4.69) is 15.4 Å². The molecule has 0 bridgehead atoms. The molecule has 0 heterocycles. The van der Waals surface area contributed by atoms with Crippen LogP contribution in [0.4, 0.5) is 23.7 Å². The van der Waals surface area contributed by atoms with Gasteiger partial charge in [0.2, 0.25) is 0 Å². The van der Waals surface area contributed by atoms with Crippen molar-refractivity contribution in [3.05, 3.63) is 24.3 Å². The summed E-state index contributed by atoms with van der Waals surface area (Å²) in [5.74, 6) is -0.0741. The highest BCUT2D eigenvalue weighted by Crippen LogP contribution is 2.26. The van der Waals surface area contributed by atoms with Crippen LogP contribution in [0.25, 0.3) is 0 Å². The minimum Gasteiger partial charge on any atom is -0.482 e. The van der Waals surface area contributed by atoms with Gasteiger partial charge in [0.15, 0.2) is 6.61 Å². The summed E-state index contributed by atoms with van der Waals surface area (Å²) < 4.78 is 41.3. The van der Waals surface area contributed by atoms with Crippen LogP contribution in [-0.4, -0.2) is 36.1 Å². The van der Waals surface area contributed by atoms with E-state index in [1.807, 2.05) is 0 Å². The Labute approximate surface area is 126 Å². The third kappa shape index (κ3) is 6.66. The molecule has 0 aliphatic heterocycles. The van der Waals surface area contributed by atoms with Gasteiger partial charge in [0, 0.05) is 12.1 Å². The normalized spacial score (nSPS) is 11.9. The second kappa shape index (κ2) is 7.35. The summed E-state index contributed by atoms with van der Waals surface area (Å²) in [6.07, 6.45) is -4.12. The van der Waals surface area contributed by atoms with Crippen LogP contribution >= 0.6 is 0 Å². The van der Waals surface area contributed by atoms with Crippen molar-refractivity contribution in [2.45, 2.75) is 32.0 Å². The summed E-state index contributed by atoms with van der Waals surface area (Å²) in [7, 11) is 0. The largest absolute Gasteiger partial charge is 0.482 e. The maximum absolute atomic E-state index is 12.2. The summed E-state index contributed by atoms with van der Waals surface area (Å²) >= 11 is 0. The molecule has 0 radical (unpaired) electrons. The number of aliphatic hydroxyl groups excluding tert-OH is 1. The van der Waals surface area contributed by atoms with Gasteiger partial charge in [-0.1, -0.05) is 12.1 Å². The van der Waals surface area contributed by atoms with E-state index in [1.54, 1.807) is 19.9 Å². The van der Waals surface area contributed by atoms with Crippen LogP contribution in [0.15, 0.2) is 24.3 Å². The highest BCUT2D eigenvalue weighted by molar-refractivity contribution is 5.91. The van der Waals surface area contributed by atoms with E-state index >= 15 is 0 Å². The van der Waals surface area contributed by atoms with Crippen molar-refractivity contribution in [1.29, 1.82) is 0 Å². The molecule has 0 spiro atoms. The molecule has 0 saturated heterocycles. The van der Waals surface area contributed by atoms with E-state index in [9.17, 15) is 18.0 Å². The van der Waals surface area contributed by atoms with Crippen molar-refractivity contribution in [2.24, 2.45) is 0 Å². The molecule has 1 rings (SSSR count). The van der Waals surface area contributed by atoms with Crippen LogP contribution in [0.2, 0.25) is 0 Å². The lowest BCUT2D eigenvalue weighted by Crippen LogP contribution is -2.46. The third-order valence-electron chi connectivity index (χ3n) is 2.72. The number of benzene rings is 1. The number of carbonyl (C=O) groups excluding carboxylic acids is 1. The fourth-order valence-corrected chi connectivity index (χ4v) is 1.66. The molecule has 0 saturated carbocycles. The fraction of sp³-hybridized carbons (Fsp3) is 0.500. The van der Waals surface area contributed by atoms with E-state index in [0.29, 0.717) is 6.42 Å². The Morgan fingerprint density at radius 3 is 2.50 bits per heavy atom. The molecule has 124 valence electrons. The maximum Gasteiger partial charge on any atom is 0.422 e. The average molecular weight is 320 g/mol. The number of aliphatic hydroxyl groups is 1. The molecule has 1 aromatic rings. The average Bonchev–Trinajstić information content (AvgIpc) is 2.35. The van der Waals surface area contributed by atoms with E-state index in [-0.39, 0.29) is 18.0 Å². The first kappa shape index (κ1) is 18.1. The quantitative estimate of drug-likeness (QED) is 0.755. The van der Waals surface area contributed by atoms with Crippen LogP contribution in [0.1, 0.15) is 20.3 Å². The van der Waals surface area contributed by atoms with Gasteiger partial charge >= 0.3 is 12.2 Å². The minimum absolute atomic E-state index is 0.0741. The third-order valence-corrected chi connectivity index (χ3v) is 2.72. The Bertz CT molecular complexity index is 504. The number of nitrogens with one attached hydrogen (secondary N) is 2. The molecule has 22 heavy (non-hydrogen) atoms. The molecule has 3 N–H and O–H groups in total. The first-order chi connectivity index (χ1) is 10.1. The Balaban J connectivity index is 2.71. The Kier molecular flexibility index (Phi) is 6.04. The zero-order valence-electron chi connectivity index (χ0n) is 12.3. The summed E-state index contributed by atoms with van der Waals surface area (Å²) in [5, 5.41) is 14.0. The lowest BCUT2D eigenvalue weighted by molar-refractivity contribution is -0.153. The van der Waals surface area contributed by atoms with Gasteiger partial charge in [-0.15, -0.1) is 0 Å².